The van der Waals surface area contributed by atoms with Crippen molar-refractivity contribution in [2.24, 2.45) is 0 Å². The molecule has 0 spiro atoms. The fraction of sp³-hybridized carbons (Fsp3) is 0.375. The largest absolute Gasteiger partial charge is 0.478 e. The van der Waals surface area contributed by atoms with Gasteiger partial charge in [-0.2, -0.15) is 0 Å². The molecule has 37 heavy (non-hydrogen) atoms. The summed E-state index contributed by atoms with van der Waals surface area (Å²) in [5.74, 6) is 1.14. The highest BCUT2D eigenvalue weighted by Crippen LogP contribution is 2.48. The number of rotatable bonds is 2. The molecule has 0 radical (unpaired) electrons. The number of aromatic carboxylic acids is 1. The summed E-state index contributed by atoms with van der Waals surface area (Å²) in [7, 11) is 0. The lowest BCUT2D eigenvalue weighted by molar-refractivity contribution is 0.0697. The third kappa shape index (κ3) is 3.09. The first kappa shape index (κ1) is 21.5. The van der Waals surface area contributed by atoms with E-state index in [2.05, 4.69) is 27.7 Å². The maximum atomic E-state index is 12.0. The minimum absolute atomic E-state index is 0.329. The molecule has 0 atom stereocenters. The van der Waals surface area contributed by atoms with Crippen molar-refractivity contribution in [3.63, 3.8) is 0 Å². The Morgan fingerprint density at radius 2 is 1.65 bits per heavy atom. The van der Waals surface area contributed by atoms with Crippen molar-refractivity contribution in [3.8, 4) is 11.5 Å². The predicted octanol–water partition coefficient (Wildman–Crippen LogP) is 3.82. The van der Waals surface area contributed by atoms with Gasteiger partial charge in [0.25, 0.3) is 0 Å². The summed E-state index contributed by atoms with van der Waals surface area (Å²) < 4.78 is 9.63. The Balaban J connectivity index is 1.52. The van der Waals surface area contributed by atoms with Crippen LogP contribution < -0.4 is 24.8 Å². The van der Waals surface area contributed by atoms with E-state index in [4.69, 9.17) is 4.74 Å². The van der Waals surface area contributed by atoms with E-state index < -0.39 is 5.97 Å². The number of fused-ring (bicyclic) bond motifs is 4. The predicted molar refractivity (Wildman–Crippen MR) is 144 cm³/mol. The Hall–Kier alpha value is -3.60. The van der Waals surface area contributed by atoms with Crippen LogP contribution in [-0.2, 0) is 25.7 Å². The molecule has 8 rings (SSSR count). The van der Waals surface area contributed by atoms with Crippen LogP contribution in [0.1, 0.15) is 69.4 Å². The van der Waals surface area contributed by atoms with Crippen LogP contribution in [0, 0.1) is 0 Å². The summed E-state index contributed by atoms with van der Waals surface area (Å²) in [6, 6.07) is 12.2. The summed E-state index contributed by atoms with van der Waals surface area (Å²) >= 11 is 0. The zero-order valence-corrected chi connectivity index (χ0v) is 21.1. The molecule has 3 aromatic carbocycles. The first-order valence-electron chi connectivity index (χ1n) is 13.9. The Bertz CT molecular complexity index is 1650. The SMILES string of the molecule is O=C(O)c1cccc(C2=c3cc4c5c(c3Oc3c2cc2c6c3CCCN6CCC2)CCC[N+]=5CCC4)c1. The Morgan fingerprint density at radius 3 is 2.51 bits per heavy atom. The molecule has 3 aromatic rings. The molecule has 5 heteroatoms. The number of hydrogen-bond donors (Lipinski definition) is 1. The van der Waals surface area contributed by atoms with Crippen LogP contribution in [0.15, 0.2) is 36.4 Å². The van der Waals surface area contributed by atoms with Crippen molar-refractivity contribution in [2.75, 3.05) is 31.1 Å². The Morgan fingerprint density at radius 1 is 0.865 bits per heavy atom. The molecule has 186 valence electrons. The molecule has 5 heterocycles. The van der Waals surface area contributed by atoms with Crippen LogP contribution in [0.4, 0.5) is 5.69 Å². The fourth-order valence-electron chi connectivity index (χ4n) is 7.63. The maximum absolute atomic E-state index is 12.0. The van der Waals surface area contributed by atoms with Gasteiger partial charge in [-0.15, -0.1) is 0 Å². The summed E-state index contributed by atoms with van der Waals surface area (Å²) in [6.07, 6.45) is 8.90. The number of ether oxygens (including phenoxy) is 1. The van der Waals surface area contributed by atoms with Gasteiger partial charge in [0.05, 0.1) is 11.1 Å². The standard InChI is InChI=1S/C32H30N2O3/c35-32(36)22-7-1-6-19(16-22)27-25-17-20-8-2-12-33-14-4-10-23(28(20)33)30(25)37-31-24-11-5-15-34-13-3-9-21(29(24)34)18-26(27)31/h1,6-7,16-18H,2-5,8-15H2/p+1. The zero-order valence-electron chi connectivity index (χ0n) is 21.1. The first-order valence-corrected chi connectivity index (χ1v) is 13.9. The van der Waals surface area contributed by atoms with Crippen LogP contribution in [0.5, 0.6) is 11.5 Å². The van der Waals surface area contributed by atoms with Gasteiger partial charge in [-0.3, -0.25) is 0 Å². The van der Waals surface area contributed by atoms with Gasteiger partial charge in [0.1, 0.15) is 24.6 Å². The summed E-state index contributed by atoms with van der Waals surface area (Å²) in [6.45, 7) is 4.50. The molecule has 0 saturated carbocycles. The zero-order chi connectivity index (χ0) is 24.7. The molecule has 5 aliphatic rings. The molecule has 0 amide bonds. The van der Waals surface area contributed by atoms with Crippen molar-refractivity contribution < 1.29 is 14.6 Å². The summed E-state index contributed by atoms with van der Waals surface area (Å²) in [5, 5.41) is 12.4. The first-order chi connectivity index (χ1) is 18.2. The van der Waals surface area contributed by atoms with Gasteiger partial charge in [-0.1, -0.05) is 12.1 Å². The fourth-order valence-corrected chi connectivity index (χ4v) is 7.63. The monoisotopic (exact) mass is 491 g/mol. The van der Waals surface area contributed by atoms with Gasteiger partial charge in [0.2, 0.25) is 5.36 Å². The number of nitrogens with zero attached hydrogens (tertiary/aromatic N) is 2. The summed E-state index contributed by atoms with van der Waals surface area (Å²) in [5.41, 5.74) is 10.5. The average Bonchev–Trinajstić information content (AvgIpc) is 2.93. The van der Waals surface area contributed by atoms with Crippen LogP contribution in [-0.4, -0.2) is 37.3 Å². The van der Waals surface area contributed by atoms with Crippen molar-refractivity contribution in [3.05, 3.63) is 85.9 Å². The number of hydrogen-bond acceptors (Lipinski definition) is 3. The third-order valence-corrected chi connectivity index (χ3v) is 9.09. The highest BCUT2D eigenvalue weighted by atomic mass is 16.5. The minimum Gasteiger partial charge on any atom is -0.478 e. The lowest BCUT2D eigenvalue weighted by atomic mass is 9.82. The van der Waals surface area contributed by atoms with Gasteiger partial charge < -0.3 is 14.7 Å². The second-order valence-electron chi connectivity index (χ2n) is 11.2. The van der Waals surface area contributed by atoms with E-state index in [0.717, 1.165) is 98.1 Å². The second kappa shape index (κ2) is 7.95. The molecule has 0 unspecified atom stereocenters. The van der Waals surface area contributed by atoms with E-state index in [1.165, 1.54) is 46.1 Å². The van der Waals surface area contributed by atoms with E-state index in [9.17, 15) is 9.90 Å². The Kier molecular flexibility index (Phi) is 4.61. The number of carboxylic acids is 1. The second-order valence-corrected chi connectivity index (χ2v) is 11.2. The van der Waals surface area contributed by atoms with Crippen LogP contribution in [0.25, 0.3) is 5.57 Å². The van der Waals surface area contributed by atoms with Crippen molar-refractivity contribution >= 4 is 17.2 Å². The molecule has 0 bridgehead atoms. The van der Waals surface area contributed by atoms with Crippen LogP contribution >= 0.6 is 0 Å². The molecule has 5 nitrogen and oxygen atoms in total. The van der Waals surface area contributed by atoms with Gasteiger partial charge in [0, 0.05) is 59.1 Å². The van der Waals surface area contributed by atoms with E-state index >= 15 is 0 Å². The number of benzene rings is 3. The minimum atomic E-state index is -0.887. The van der Waals surface area contributed by atoms with E-state index in [0.29, 0.717) is 5.56 Å². The van der Waals surface area contributed by atoms with Crippen LogP contribution in [0.3, 0.4) is 0 Å². The van der Waals surface area contributed by atoms with Gasteiger partial charge in [0.15, 0.2) is 0 Å². The summed E-state index contributed by atoms with van der Waals surface area (Å²) in [4.78, 5) is 14.5. The molecular weight excluding hydrogens is 460 g/mol. The number of carboxylic acid groups (broad SMARTS) is 1. The van der Waals surface area contributed by atoms with Crippen LogP contribution in [0.2, 0.25) is 0 Å². The van der Waals surface area contributed by atoms with Gasteiger partial charge in [-0.25, -0.2) is 9.37 Å². The Labute approximate surface area is 216 Å². The topological polar surface area (TPSA) is 52.8 Å². The highest BCUT2D eigenvalue weighted by Gasteiger charge is 2.35. The molecule has 0 fully saturated rings. The molecular formula is C32H31N2O3+. The molecule has 0 aliphatic carbocycles. The van der Waals surface area contributed by atoms with E-state index in [1.54, 1.807) is 6.07 Å². The number of aryl methyl sites for hydroxylation is 2. The smallest absolute Gasteiger partial charge is 0.335 e. The van der Waals surface area contributed by atoms with E-state index in [1.807, 2.05) is 12.1 Å². The average molecular weight is 492 g/mol. The molecule has 0 saturated heterocycles. The third-order valence-electron chi connectivity index (χ3n) is 9.09. The number of carbonyl (C=O) groups is 1. The van der Waals surface area contributed by atoms with Crippen molar-refractivity contribution in [1.29, 1.82) is 0 Å². The lowest BCUT2D eigenvalue weighted by Gasteiger charge is -2.39. The number of anilines is 1. The van der Waals surface area contributed by atoms with Gasteiger partial charge in [-0.05, 0) is 73.9 Å². The maximum Gasteiger partial charge on any atom is 0.335 e. The highest BCUT2D eigenvalue weighted by molar-refractivity contribution is 5.93. The van der Waals surface area contributed by atoms with E-state index in [-0.39, 0.29) is 0 Å². The molecule has 1 N–H and O–H groups in total. The van der Waals surface area contributed by atoms with Gasteiger partial charge >= 0.3 is 5.97 Å². The quantitative estimate of drug-likeness (QED) is 0.433. The van der Waals surface area contributed by atoms with Crippen molar-refractivity contribution in [1.82, 2.24) is 4.58 Å². The normalized spacial score (nSPS) is 18.9. The van der Waals surface area contributed by atoms with Crippen molar-refractivity contribution in [2.45, 2.75) is 51.4 Å². The molecule has 0 aromatic heterocycles. The lowest BCUT2D eigenvalue weighted by Crippen LogP contribution is -2.45. The molecule has 5 aliphatic heterocycles.